The summed E-state index contributed by atoms with van der Waals surface area (Å²) in [6.07, 6.45) is 0. The lowest BCUT2D eigenvalue weighted by atomic mass is 10.2. The monoisotopic (exact) mass is 312 g/mol. The Hall–Kier alpha value is -2.27. The number of guanidine groups is 1. The largest absolute Gasteiger partial charge is 0.357 e. The first-order chi connectivity index (χ1) is 10.7. The number of nitrogens with zero attached hydrogens (tertiary/aromatic N) is 1. The van der Waals surface area contributed by atoms with Crippen LogP contribution in [0.15, 0.2) is 47.5 Å². The number of aromatic amines is 1. The molecule has 0 unspecified atom stereocenters. The van der Waals surface area contributed by atoms with Crippen LogP contribution in [-0.4, -0.2) is 18.0 Å². The van der Waals surface area contributed by atoms with Gasteiger partial charge in [0.05, 0.1) is 13.1 Å². The number of hydrogen-bond acceptors (Lipinski definition) is 2. The predicted molar refractivity (Wildman–Crippen MR) is 94.4 cm³/mol. The smallest absolute Gasteiger partial charge is 0.191 e. The van der Waals surface area contributed by atoms with Gasteiger partial charge >= 0.3 is 0 Å². The summed E-state index contributed by atoms with van der Waals surface area (Å²) in [6.45, 7) is 3.64. The number of thiophene rings is 1. The van der Waals surface area contributed by atoms with Gasteiger partial charge in [0.1, 0.15) is 0 Å². The molecule has 0 aliphatic carbocycles. The average Bonchev–Trinajstić information content (AvgIpc) is 3.13. The molecule has 1 aromatic carbocycles. The first kappa shape index (κ1) is 14.7. The highest BCUT2D eigenvalue weighted by atomic mass is 32.1. The van der Waals surface area contributed by atoms with Gasteiger partial charge in [-0.05, 0) is 36.6 Å². The van der Waals surface area contributed by atoms with Crippen molar-refractivity contribution in [3.63, 3.8) is 0 Å². The molecule has 0 saturated carbocycles. The van der Waals surface area contributed by atoms with Crippen molar-refractivity contribution in [3.05, 3.63) is 57.9 Å². The fourth-order valence-electron chi connectivity index (χ4n) is 2.38. The second-order valence-corrected chi connectivity index (χ2v) is 6.55. The number of aliphatic imine (C=N–C) groups is 1. The van der Waals surface area contributed by atoms with Crippen molar-refractivity contribution in [2.24, 2.45) is 4.99 Å². The number of rotatable bonds is 4. The van der Waals surface area contributed by atoms with Crippen molar-refractivity contribution in [2.45, 2.75) is 20.0 Å². The van der Waals surface area contributed by atoms with Gasteiger partial charge in [-0.3, -0.25) is 4.99 Å². The zero-order chi connectivity index (χ0) is 15.4. The molecule has 0 aliphatic rings. The molecule has 4 nitrogen and oxygen atoms in total. The van der Waals surface area contributed by atoms with Crippen LogP contribution in [0.3, 0.4) is 0 Å². The van der Waals surface area contributed by atoms with Gasteiger partial charge in [-0.2, -0.15) is 0 Å². The standard InChI is InChI=1S/C17H20N4S/c1-12-7-8-15(22-12)11-20-17(18-2)19-10-14-9-13-5-3-4-6-16(13)21-14/h3-9,21H,10-11H2,1-2H3,(H2,18,19,20). The summed E-state index contributed by atoms with van der Waals surface area (Å²) in [6, 6.07) is 14.8. The fraction of sp³-hybridized carbons (Fsp3) is 0.235. The van der Waals surface area contributed by atoms with Gasteiger partial charge in [-0.15, -0.1) is 11.3 Å². The van der Waals surface area contributed by atoms with Crippen LogP contribution in [0.5, 0.6) is 0 Å². The Kier molecular flexibility index (Phi) is 4.44. The highest BCUT2D eigenvalue weighted by molar-refractivity contribution is 7.11. The van der Waals surface area contributed by atoms with E-state index in [4.69, 9.17) is 0 Å². The Morgan fingerprint density at radius 3 is 2.68 bits per heavy atom. The van der Waals surface area contributed by atoms with Gasteiger partial charge in [0, 0.05) is 28.0 Å². The lowest BCUT2D eigenvalue weighted by Crippen LogP contribution is -2.36. The van der Waals surface area contributed by atoms with Gasteiger partial charge in [0.2, 0.25) is 0 Å². The molecule has 3 aromatic rings. The van der Waals surface area contributed by atoms with Crippen molar-refractivity contribution in [1.29, 1.82) is 0 Å². The normalized spacial score (nSPS) is 11.8. The maximum atomic E-state index is 4.26. The molecule has 0 saturated heterocycles. The molecule has 0 fully saturated rings. The highest BCUT2D eigenvalue weighted by Crippen LogP contribution is 2.15. The van der Waals surface area contributed by atoms with E-state index in [0.717, 1.165) is 30.3 Å². The second kappa shape index (κ2) is 6.66. The number of hydrogen-bond donors (Lipinski definition) is 3. The number of aryl methyl sites for hydroxylation is 1. The van der Waals surface area contributed by atoms with E-state index in [1.165, 1.54) is 15.1 Å². The molecule has 0 amide bonds. The fourth-order valence-corrected chi connectivity index (χ4v) is 3.21. The summed E-state index contributed by atoms with van der Waals surface area (Å²) in [4.78, 5) is 10.3. The molecule has 0 bridgehead atoms. The minimum atomic E-state index is 0.720. The highest BCUT2D eigenvalue weighted by Gasteiger charge is 2.03. The molecule has 0 atom stereocenters. The summed E-state index contributed by atoms with van der Waals surface area (Å²) >= 11 is 1.81. The Morgan fingerprint density at radius 1 is 1.14 bits per heavy atom. The van der Waals surface area contributed by atoms with Crippen LogP contribution in [0.1, 0.15) is 15.4 Å². The Balaban J connectivity index is 1.56. The number of fused-ring (bicyclic) bond motifs is 1. The summed E-state index contributed by atoms with van der Waals surface area (Å²) in [5.41, 5.74) is 2.31. The molecule has 22 heavy (non-hydrogen) atoms. The lowest BCUT2D eigenvalue weighted by molar-refractivity contribution is 0.805. The molecule has 0 radical (unpaired) electrons. The summed E-state index contributed by atoms with van der Waals surface area (Å²) in [5, 5.41) is 7.91. The van der Waals surface area contributed by atoms with Crippen LogP contribution in [0, 0.1) is 6.92 Å². The first-order valence-electron chi connectivity index (χ1n) is 7.31. The van der Waals surface area contributed by atoms with Crippen LogP contribution < -0.4 is 10.6 Å². The van der Waals surface area contributed by atoms with E-state index in [0.29, 0.717) is 0 Å². The van der Waals surface area contributed by atoms with Crippen LogP contribution >= 0.6 is 11.3 Å². The molecule has 5 heteroatoms. The Morgan fingerprint density at radius 2 is 1.95 bits per heavy atom. The maximum absolute atomic E-state index is 4.26. The predicted octanol–water partition coefficient (Wildman–Crippen LogP) is 3.40. The van der Waals surface area contributed by atoms with Gasteiger partial charge in [-0.1, -0.05) is 18.2 Å². The summed E-state index contributed by atoms with van der Waals surface area (Å²) in [7, 11) is 1.79. The molecular formula is C17H20N4S. The van der Waals surface area contributed by atoms with E-state index in [1.807, 2.05) is 6.07 Å². The van der Waals surface area contributed by atoms with Crippen LogP contribution in [0.2, 0.25) is 0 Å². The zero-order valence-electron chi connectivity index (χ0n) is 12.8. The van der Waals surface area contributed by atoms with Crippen molar-refractivity contribution in [1.82, 2.24) is 15.6 Å². The van der Waals surface area contributed by atoms with Gasteiger partial charge in [0.15, 0.2) is 5.96 Å². The van der Waals surface area contributed by atoms with Crippen molar-refractivity contribution in [2.75, 3.05) is 7.05 Å². The minimum absolute atomic E-state index is 0.720. The number of nitrogens with one attached hydrogen (secondary N) is 3. The molecule has 0 spiro atoms. The van der Waals surface area contributed by atoms with Gasteiger partial charge in [-0.25, -0.2) is 0 Å². The van der Waals surface area contributed by atoms with E-state index in [-0.39, 0.29) is 0 Å². The third kappa shape index (κ3) is 3.49. The number of benzene rings is 1. The number of para-hydroxylation sites is 1. The number of H-pyrrole nitrogens is 1. The van der Waals surface area contributed by atoms with Crippen LogP contribution in [0.4, 0.5) is 0 Å². The van der Waals surface area contributed by atoms with Crippen molar-refractivity contribution >= 4 is 28.2 Å². The van der Waals surface area contributed by atoms with Crippen molar-refractivity contribution < 1.29 is 0 Å². The zero-order valence-corrected chi connectivity index (χ0v) is 13.6. The molecule has 0 aliphatic heterocycles. The maximum Gasteiger partial charge on any atom is 0.191 e. The second-order valence-electron chi connectivity index (χ2n) is 5.17. The average molecular weight is 312 g/mol. The van der Waals surface area contributed by atoms with Crippen molar-refractivity contribution in [3.8, 4) is 0 Å². The summed E-state index contributed by atoms with van der Waals surface area (Å²) in [5.74, 6) is 0.810. The van der Waals surface area contributed by atoms with E-state index >= 15 is 0 Å². The quantitative estimate of drug-likeness (QED) is 0.511. The Bertz CT molecular complexity index is 752. The minimum Gasteiger partial charge on any atom is -0.357 e. The van der Waals surface area contributed by atoms with Gasteiger partial charge in [0.25, 0.3) is 0 Å². The summed E-state index contributed by atoms with van der Waals surface area (Å²) < 4.78 is 0. The SMILES string of the molecule is CN=C(NCc1cc2ccccc2[nH]1)NCc1ccc(C)s1. The van der Waals surface area contributed by atoms with E-state index in [9.17, 15) is 0 Å². The molecule has 3 N–H and O–H groups in total. The topological polar surface area (TPSA) is 52.2 Å². The van der Waals surface area contributed by atoms with Crippen LogP contribution in [-0.2, 0) is 13.1 Å². The third-order valence-corrected chi connectivity index (χ3v) is 4.48. The molecule has 2 aromatic heterocycles. The third-order valence-electron chi connectivity index (χ3n) is 3.48. The first-order valence-corrected chi connectivity index (χ1v) is 8.13. The lowest BCUT2D eigenvalue weighted by Gasteiger charge is -2.10. The molecule has 2 heterocycles. The molecule has 114 valence electrons. The van der Waals surface area contributed by atoms with E-state index in [1.54, 1.807) is 18.4 Å². The molecule has 3 rings (SSSR count). The van der Waals surface area contributed by atoms with Crippen LogP contribution in [0.25, 0.3) is 10.9 Å². The van der Waals surface area contributed by atoms with E-state index < -0.39 is 0 Å². The number of aromatic nitrogens is 1. The van der Waals surface area contributed by atoms with E-state index in [2.05, 4.69) is 63.9 Å². The Labute approximate surface area is 134 Å². The van der Waals surface area contributed by atoms with Gasteiger partial charge < -0.3 is 15.6 Å². The molecular weight excluding hydrogens is 292 g/mol.